The van der Waals surface area contributed by atoms with Crippen molar-refractivity contribution in [1.82, 2.24) is 20.4 Å². The van der Waals surface area contributed by atoms with Crippen LogP contribution in [0.2, 0.25) is 0 Å². The first-order valence-corrected chi connectivity index (χ1v) is 10.6. The van der Waals surface area contributed by atoms with Gasteiger partial charge in [0.2, 0.25) is 0 Å². The molecule has 0 saturated heterocycles. The Kier molecular flexibility index (Phi) is 9.84. The largest absolute Gasteiger partial charge is 0.492 e. The Bertz CT molecular complexity index is 847. The maximum Gasteiger partial charge on any atom is 0.253 e. The monoisotopic (exact) mass is 425 g/mol. The quantitative estimate of drug-likeness (QED) is 0.452. The van der Waals surface area contributed by atoms with Crippen molar-refractivity contribution in [3.63, 3.8) is 0 Å². The van der Waals surface area contributed by atoms with Gasteiger partial charge in [0.25, 0.3) is 5.91 Å². The van der Waals surface area contributed by atoms with Crippen molar-refractivity contribution in [2.24, 2.45) is 4.99 Å². The van der Waals surface area contributed by atoms with Crippen LogP contribution >= 0.6 is 0 Å². The average Bonchev–Trinajstić information content (AvgIpc) is 2.75. The van der Waals surface area contributed by atoms with Crippen molar-refractivity contribution in [1.29, 1.82) is 0 Å². The molecule has 1 amide bonds. The summed E-state index contributed by atoms with van der Waals surface area (Å²) in [6.07, 6.45) is 0. The Balaban J connectivity index is 1.94. The molecule has 0 heterocycles. The molecule has 0 fully saturated rings. The van der Waals surface area contributed by atoms with Crippen LogP contribution in [-0.4, -0.2) is 69.6 Å². The van der Waals surface area contributed by atoms with Crippen molar-refractivity contribution in [2.45, 2.75) is 20.0 Å². The molecule has 0 aliphatic rings. The minimum absolute atomic E-state index is 0.00216. The van der Waals surface area contributed by atoms with E-state index in [0.717, 1.165) is 35.9 Å². The lowest BCUT2D eigenvalue weighted by molar-refractivity contribution is 0.0827. The minimum atomic E-state index is 0.00216. The number of likely N-dealkylation sites (N-methyl/N-ethyl adjacent to an activating group) is 1. The predicted molar refractivity (Wildman–Crippen MR) is 127 cm³/mol. The fourth-order valence-electron chi connectivity index (χ4n) is 2.80. The first-order valence-electron chi connectivity index (χ1n) is 10.6. The molecule has 0 radical (unpaired) electrons. The number of nitrogens with one attached hydrogen (secondary N) is 2. The lowest BCUT2D eigenvalue weighted by atomic mass is 10.1. The van der Waals surface area contributed by atoms with Crippen molar-refractivity contribution in [3.05, 3.63) is 65.2 Å². The molecule has 7 heteroatoms. The molecule has 168 valence electrons. The van der Waals surface area contributed by atoms with E-state index in [1.807, 2.05) is 69.6 Å². The minimum Gasteiger partial charge on any atom is -0.492 e. The lowest BCUT2D eigenvalue weighted by Crippen LogP contribution is -2.36. The van der Waals surface area contributed by atoms with E-state index in [-0.39, 0.29) is 5.91 Å². The normalized spacial score (nSPS) is 11.4. The summed E-state index contributed by atoms with van der Waals surface area (Å²) in [7, 11) is 7.56. The van der Waals surface area contributed by atoms with Crippen LogP contribution in [0.5, 0.6) is 5.75 Å². The molecule has 0 aliphatic heterocycles. The highest BCUT2D eigenvalue weighted by molar-refractivity contribution is 5.93. The van der Waals surface area contributed by atoms with Gasteiger partial charge < -0.3 is 25.2 Å². The van der Waals surface area contributed by atoms with E-state index in [1.165, 1.54) is 0 Å². The van der Waals surface area contributed by atoms with Crippen molar-refractivity contribution in [3.8, 4) is 5.75 Å². The number of amides is 1. The van der Waals surface area contributed by atoms with Gasteiger partial charge in [-0.2, -0.15) is 0 Å². The number of carbonyl (C=O) groups excluding carboxylic acids is 1. The number of hydrogen-bond donors (Lipinski definition) is 2. The highest BCUT2D eigenvalue weighted by Gasteiger charge is 2.07. The van der Waals surface area contributed by atoms with Gasteiger partial charge in [-0.1, -0.05) is 24.3 Å². The lowest BCUT2D eigenvalue weighted by Gasteiger charge is -2.13. The molecule has 0 aromatic heterocycles. The molecule has 0 atom stereocenters. The molecule has 0 bridgehead atoms. The van der Waals surface area contributed by atoms with Gasteiger partial charge in [0.1, 0.15) is 12.4 Å². The molecule has 2 N–H and O–H groups in total. The number of nitrogens with zero attached hydrogens (tertiary/aromatic N) is 3. The van der Waals surface area contributed by atoms with E-state index in [2.05, 4.69) is 20.5 Å². The molecule has 0 aliphatic carbocycles. The molecule has 2 aromatic rings. The van der Waals surface area contributed by atoms with Crippen LogP contribution in [0.4, 0.5) is 0 Å². The van der Waals surface area contributed by atoms with E-state index >= 15 is 0 Å². The van der Waals surface area contributed by atoms with E-state index < -0.39 is 0 Å². The van der Waals surface area contributed by atoms with Crippen LogP contribution in [0.15, 0.2) is 53.5 Å². The number of aliphatic imine (C=N–C) groups is 1. The molecule has 31 heavy (non-hydrogen) atoms. The van der Waals surface area contributed by atoms with Gasteiger partial charge in [-0.05, 0) is 56.4 Å². The highest BCUT2D eigenvalue weighted by atomic mass is 16.5. The fourth-order valence-corrected chi connectivity index (χ4v) is 2.80. The topological polar surface area (TPSA) is 69.2 Å². The SMILES string of the molecule is CCNC(=NCc1cccc(OCCN(C)C)c1)NCc1ccc(C(=O)N(C)C)cc1. The van der Waals surface area contributed by atoms with E-state index in [1.54, 1.807) is 19.0 Å². The third kappa shape index (κ3) is 8.68. The smallest absolute Gasteiger partial charge is 0.253 e. The summed E-state index contributed by atoms with van der Waals surface area (Å²) >= 11 is 0. The molecule has 2 aromatic carbocycles. The molecular formula is C24H35N5O2. The Morgan fingerprint density at radius 2 is 1.74 bits per heavy atom. The van der Waals surface area contributed by atoms with Crippen LogP contribution in [0.1, 0.15) is 28.4 Å². The third-order valence-electron chi connectivity index (χ3n) is 4.54. The maximum atomic E-state index is 12.0. The van der Waals surface area contributed by atoms with Crippen molar-refractivity contribution >= 4 is 11.9 Å². The maximum absolute atomic E-state index is 12.0. The molecule has 0 spiro atoms. The van der Waals surface area contributed by atoms with Gasteiger partial charge in [-0.25, -0.2) is 4.99 Å². The van der Waals surface area contributed by atoms with E-state index in [9.17, 15) is 4.79 Å². The zero-order valence-corrected chi connectivity index (χ0v) is 19.3. The fraction of sp³-hybridized carbons (Fsp3) is 0.417. The number of rotatable bonds is 10. The van der Waals surface area contributed by atoms with Crippen LogP contribution in [0.25, 0.3) is 0 Å². The summed E-state index contributed by atoms with van der Waals surface area (Å²) in [5, 5.41) is 6.62. The zero-order valence-electron chi connectivity index (χ0n) is 19.3. The summed E-state index contributed by atoms with van der Waals surface area (Å²) in [5.74, 6) is 1.61. The van der Waals surface area contributed by atoms with Crippen LogP contribution < -0.4 is 15.4 Å². The predicted octanol–water partition coefficient (Wildman–Crippen LogP) is 2.58. The second kappa shape index (κ2) is 12.6. The van der Waals surface area contributed by atoms with Crippen LogP contribution in [-0.2, 0) is 13.1 Å². The van der Waals surface area contributed by atoms with Gasteiger partial charge in [0.05, 0.1) is 6.54 Å². The van der Waals surface area contributed by atoms with Crippen molar-refractivity contribution < 1.29 is 9.53 Å². The average molecular weight is 426 g/mol. The second-order valence-corrected chi connectivity index (χ2v) is 7.74. The van der Waals surface area contributed by atoms with Crippen LogP contribution in [0.3, 0.4) is 0 Å². The number of benzene rings is 2. The summed E-state index contributed by atoms with van der Waals surface area (Å²) < 4.78 is 5.81. The van der Waals surface area contributed by atoms with Gasteiger partial charge in [0.15, 0.2) is 5.96 Å². The first-order chi connectivity index (χ1) is 14.9. The Morgan fingerprint density at radius 1 is 1.00 bits per heavy atom. The Labute approximate surface area is 186 Å². The second-order valence-electron chi connectivity index (χ2n) is 7.74. The Hall–Kier alpha value is -3.06. The highest BCUT2D eigenvalue weighted by Crippen LogP contribution is 2.14. The molecular weight excluding hydrogens is 390 g/mol. The van der Waals surface area contributed by atoms with E-state index in [4.69, 9.17) is 4.74 Å². The molecule has 0 saturated carbocycles. The number of carbonyl (C=O) groups is 1. The molecule has 0 unspecified atom stereocenters. The Morgan fingerprint density at radius 3 is 2.39 bits per heavy atom. The van der Waals surface area contributed by atoms with Crippen LogP contribution in [0, 0.1) is 0 Å². The standard InChI is InChI=1S/C24H35N5O2/c1-6-25-24(26-17-19-10-12-21(13-11-19)23(30)29(4)5)27-18-20-8-7-9-22(16-20)31-15-14-28(2)3/h7-13,16H,6,14-15,17-18H2,1-5H3,(H2,25,26,27). The number of hydrogen-bond acceptors (Lipinski definition) is 4. The molecule has 2 rings (SSSR count). The first kappa shape index (κ1) is 24.2. The third-order valence-corrected chi connectivity index (χ3v) is 4.54. The van der Waals surface area contributed by atoms with Gasteiger partial charge in [-0.3, -0.25) is 4.79 Å². The summed E-state index contributed by atoms with van der Waals surface area (Å²) in [6, 6.07) is 15.7. The summed E-state index contributed by atoms with van der Waals surface area (Å²) in [6.45, 7) is 5.52. The summed E-state index contributed by atoms with van der Waals surface area (Å²) in [4.78, 5) is 20.4. The van der Waals surface area contributed by atoms with E-state index in [0.29, 0.717) is 25.3 Å². The summed E-state index contributed by atoms with van der Waals surface area (Å²) in [5.41, 5.74) is 2.85. The number of ether oxygens (including phenoxy) is 1. The number of guanidine groups is 1. The van der Waals surface area contributed by atoms with Crippen molar-refractivity contribution in [2.75, 3.05) is 47.9 Å². The zero-order chi connectivity index (χ0) is 22.6. The molecule has 7 nitrogen and oxygen atoms in total. The van der Waals surface area contributed by atoms with Gasteiger partial charge in [-0.15, -0.1) is 0 Å². The van der Waals surface area contributed by atoms with Gasteiger partial charge in [0, 0.05) is 39.3 Å². The van der Waals surface area contributed by atoms with Gasteiger partial charge >= 0.3 is 0 Å².